The first-order valence-corrected chi connectivity index (χ1v) is 7.21. The van der Waals surface area contributed by atoms with Crippen LogP contribution < -0.4 is 5.32 Å². The van der Waals surface area contributed by atoms with Crippen molar-refractivity contribution in [2.45, 2.75) is 71.0 Å². The Morgan fingerprint density at radius 1 is 1.38 bits per heavy atom. The topological polar surface area (TPSA) is 15.3 Å². The molecule has 2 nitrogen and oxygen atoms in total. The van der Waals surface area contributed by atoms with E-state index in [4.69, 9.17) is 0 Å². The molecule has 0 aromatic carbocycles. The summed E-state index contributed by atoms with van der Waals surface area (Å²) in [4.78, 5) is 2.76. The molecular formula is C14H28N2. The van der Waals surface area contributed by atoms with Crippen molar-refractivity contribution in [3.63, 3.8) is 0 Å². The minimum Gasteiger partial charge on any atom is -0.311 e. The van der Waals surface area contributed by atoms with Gasteiger partial charge in [0.25, 0.3) is 0 Å². The van der Waals surface area contributed by atoms with Gasteiger partial charge in [0, 0.05) is 31.2 Å². The average Bonchev–Trinajstić information content (AvgIpc) is 2.18. The van der Waals surface area contributed by atoms with Gasteiger partial charge in [-0.25, -0.2) is 0 Å². The zero-order valence-corrected chi connectivity index (χ0v) is 11.2. The molecule has 3 unspecified atom stereocenters. The molecule has 2 heteroatoms. The van der Waals surface area contributed by atoms with Gasteiger partial charge in [-0.15, -0.1) is 0 Å². The molecule has 0 aromatic heterocycles. The molecule has 2 aliphatic rings. The molecule has 0 aromatic rings. The largest absolute Gasteiger partial charge is 0.311 e. The maximum Gasteiger partial charge on any atom is 0.0196 e. The van der Waals surface area contributed by atoms with E-state index in [9.17, 15) is 0 Å². The van der Waals surface area contributed by atoms with E-state index in [-0.39, 0.29) is 0 Å². The van der Waals surface area contributed by atoms with E-state index < -0.39 is 0 Å². The number of hydrogen-bond acceptors (Lipinski definition) is 2. The Morgan fingerprint density at radius 3 is 2.69 bits per heavy atom. The summed E-state index contributed by atoms with van der Waals surface area (Å²) in [6, 6.07) is 2.28. The van der Waals surface area contributed by atoms with Crippen LogP contribution in [0.1, 0.15) is 52.9 Å². The number of nitrogens with one attached hydrogen (secondary N) is 1. The maximum atomic E-state index is 3.69. The quantitative estimate of drug-likeness (QED) is 0.790. The van der Waals surface area contributed by atoms with Crippen LogP contribution in [0.15, 0.2) is 0 Å². The van der Waals surface area contributed by atoms with Gasteiger partial charge in [-0.2, -0.15) is 0 Å². The van der Waals surface area contributed by atoms with Gasteiger partial charge < -0.3 is 5.32 Å². The SMILES string of the molecule is CCCC1CN(C(C)C2CCC2)C(C)CN1. The lowest BCUT2D eigenvalue weighted by molar-refractivity contribution is 0.0420. The molecule has 1 N–H and O–H groups in total. The van der Waals surface area contributed by atoms with Gasteiger partial charge in [0.2, 0.25) is 0 Å². The average molecular weight is 224 g/mol. The van der Waals surface area contributed by atoms with Crippen molar-refractivity contribution in [1.29, 1.82) is 0 Å². The molecular weight excluding hydrogens is 196 g/mol. The van der Waals surface area contributed by atoms with Crippen LogP contribution in [0.25, 0.3) is 0 Å². The van der Waals surface area contributed by atoms with E-state index in [2.05, 4.69) is 31.0 Å². The second-order valence-corrected chi connectivity index (χ2v) is 5.87. The van der Waals surface area contributed by atoms with Crippen molar-refractivity contribution in [3.8, 4) is 0 Å². The second-order valence-electron chi connectivity index (χ2n) is 5.87. The lowest BCUT2D eigenvalue weighted by Crippen LogP contribution is -2.59. The zero-order valence-electron chi connectivity index (χ0n) is 11.2. The van der Waals surface area contributed by atoms with Gasteiger partial charge in [0.15, 0.2) is 0 Å². The van der Waals surface area contributed by atoms with Crippen LogP contribution in [0.4, 0.5) is 0 Å². The van der Waals surface area contributed by atoms with Gasteiger partial charge in [0.05, 0.1) is 0 Å². The van der Waals surface area contributed by atoms with Crippen LogP contribution in [-0.2, 0) is 0 Å². The summed E-state index contributed by atoms with van der Waals surface area (Å²) in [5, 5.41) is 3.69. The molecule has 1 saturated heterocycles. The normalized spacial score (nSPS) is 34.7. The van der Waals surface area contributed by atoms with Crippen molar-refractivity contribution >= 4 is 0 Å². The lowest BCUT2D eigenvalue weighted by Gasteiger charge is -2.47. The van der Waals surface area contributed by atoms with Crippen LogP contribution in [0.5, 0.6) is 0 Å². The first kappa shape index (κ1) is 12.4. The van der Waals surface area contributed by atoms with Crippen molar-refractivity contribution in [2.24, 2.45) is 5.92 Å². The minimum atomic E-state index is 0.726. The van der Waals surface area contributed by atoms with E-state index in [1.54, 1.807) is 0 Å². The number of nitrogens with zero attached hydrogens (tertiary/aromatic N) is 1. The van der Waals surface area contributed by atoms with Gasteiger partial charge in [-0.3, -0.25) is 4.90 Å². The molecule has 2 rings (SSSR count). The fraction of sp³-hybridized carbons (Fsp3) is 1.00. The number of piperazine rings is 1. The van der Waals surface area contributed by atoms with Gasteiger partial charge in [-0.05, 0) is 39.0 Å². The fourth-order valence-corrected chi connectivity index (χ4v) is 3.26. The molecule has 0 amide bonds. The summed E-state index contributed by atoms with van der Waals surface area (Å²) < 4.78 is 0. The molecule has 3 atom stereocenters. The van der Waals surface area contributed by atoms with Crippen molar-refractivity contribution in [1.82, 2.24) is 10.2 Å². The number of hydrogen-bond donors (Lipinski definition) is 1. The highest BCUT2D eigenvalue weighted by molar-refractivity contribution is 4.90. The minimum absolute atomic E-state index is 0.726. The molecule has 2 fully saturated rings. The van der Waals surface area contributed by atoms with Gasteiger partial charge in [0.1, 0.15) is 0 Å². The molecule has 0 bridgehead atoms. The Bertz CT molecular complexity index is 213. The summed E-state index contributed by atoms with van der Waals surface area (Å²) in [7, 11) is 0. The summed E-state index contributed by atoms with van der Waals surface area (Å²) in [6.07, 6.45) is 7.04. The first-order chi connectivity index (χ1) is 7.72. The van der Waals surface area contributed by atoms with Gasteiger partial charge >= 0.3 is 0 Å². The molecule has 0 radical (unpaired) electrons. The third-order valence-electron chi connectivity index (χ3n) is 4.69. The summed E-state index contributed by atoms with van der Waals surface area (Å²) >= 11 is 0. The number of rotatable bonds is 4. The standard InChI is InChI=1S/C14H28N2/c1-4-6-14-10-16(11(2)9-15-14)12(3)13-7-5-8-13/h11-15H,4-10H2,1-3H3. The van der Waals surface area contributed by atoms with E-state index in [0.717, 1.165) is 24.0 Å². The van der Waals surface area contributed by atoms with E-state index in [0.29, 0.717) is 0 Å². The Labute approximate surface area is 101 Å². The predicted molar refractivity (Wildman–Crippen MR) is 69.7 cm³/mol. The third-order valence-corrected chi connectivity index (χ3v) is 4.69. The van der Waals surface area contributed by atoms with E-state index in [1.807, 2.05) is 0 Å². The van der Waals surface area contributed by atoms with E-state index in [1.165, 1.54) is 45.2 Å². The monoisotopic (exact) mass is 224 g/mol. The maximum absolute atomic E-state index is 3.69. The van der Waals surface area contributed by atoms with Crippen molar-refractivity contribution in [2.75, 3.05) is 13.1 Å². The Morgan fingerprint density at radius 2 is 2.12 bits per heavy atom. The van der Waals surface area contributed by atoms with Crippen LogP contribution in [-0.4, -0.2) is 36.1 Å². The van der Waals surface area contributed by atoms with Crippen molar-refractivity contribution < 1.29 is 0 Å². The Kier molecular flexibility index (Phi) is 4.26. The third kappa shape index (κ3) is 2.60. The van der Waals surface area contributed by atoms with Crippen molar-refractivity contribution in [3.05, 3.63) is 0 Å². The zero-order chi connectivity index (χ0) is 11.5. The lowest BCUT2D eigenvalue weighted by atomic mass is 9.79. The molecule has 1 saturated carbocycles. The smallest absolute Gasteiger partial charge is 0.0196 e. The molecule has 94 valence electrons. The summed E-state index contributed by atoms with van der Waals surface area (Å²) in [6.45, 7) is 9.58. The summed E-state index contributed by atoms with van der Waals surface area (Å²) in [5.41, 5.74) is 0. The summed E-state index contributed by atoms with van der Waals surface area (Å²) in [5.74, 6) is 0.989. The van der Waals surface area contributed by atoms with E-state index >= 15 is 0 Å². The van der Waals surface area contributed by atoms with Gasteiger partial charge in [-0.1, -0.05) is 19.8 Å². The molecule has 16 heavy (non-hydrogen) atoms. The highest BCUT2D eigenvalue weighted by Gasteiger charge is 2.33. The molecule has 1 heterocycles. The Balaban J connectivity index is 1.89. The Hall–Kier alpha value is -0.0800. The fourth-order valence-electron chi connectivity index (χ4n) is 3.26. The van der Waals surface area contributed by atoms with Crippen LogP contribution in [0.3, 0.4) is 0 Å². The highest BCUT2D eigenvalue weighted by atomic mass is 15.3. The van der Waals surface area contributed by atoms with Crippen LogP contribution >= 0.6 is 0 Å². The molecule has 0 spiro atoms. The second kappa shape index (κ2) is 5.50. The van der Waals surface area contributed by atoms with Crippen LogP contribution in [0.2, 0.25) is 0 Å². The first-order valence-electron chi connectivity index (χ1n) is 7.21. The highest BCUT2D eigenvalue weighted by Crippen LogP contribution is 2.33. The molecule has 1 aliphatic heterocycles. The van der Waals surface area contributed by atoms with Crippen LogP contribution in [0, 0.1) is 5.92 Å². The predicted octanol–water partition coefficient (Wildman–Crippen LogP) is 2.64. The molecule has 1 aliphatic carbocycles.